The Morgan fingerprint density at radius 2 is 2.31 bits per heavy atom. The van der Waals surface area contributed by atoms with Crippen molar-refractivity contribution in [3.8, 4) is 0 Å². The van der Waals surface area contributed by atoms with Gasteiger partial charge in [-0.15, -0.1) is 0 Å². The summed E-state index contributed by atoms with van der Waals surface area (Å²) in [6, 6.07) is 0. The van der Waals surface area contributed by atoms with Crippen LogP contribution in [0.2, 0.25) is 0 Å². The van der Waals surface area contributed by atoms with Crippen LogP contribution in [0.15, 0.2) is 17.6 Å². The van der Waals surface area contributed by atoms with E-state index >= 15 is 0 Å². The van der Waals surface area contributed by atoms with E-state index in [9.17, 15) is 8.42 Å². The predicted molar refractivity (Wildman–Crippen MR) is 58.3 cm³/mol. The topological polar surface area (TPSA) is 110 Å². The molecule has 0 atom stereocenters. The first-order chi connectivity index (χ1) is 7.67. The predicted octanol–water partition coefficient (Wildman–Crippen LogP) is -0.947. The second-order valence-corrected chi connectivity index (χ2v) is 4.80. The Morgan fingerprint density at radius 1 is 1.50 bits per heavy atom. The fourth-order valence-corrected chi connectivity index (χ4v) is 2.01. The lowest BCUT2D eigenvalue weighted by Crippen LogP contribution is -2.26. The zero-order valence-electron chi connectivity index (χ0n) is 8.85. The summed E-state index contributed by atoms with van der Waals surface area (Å²) >= 11 is 0. The summed E-state index contributed by atoms with van der Waals surface area (Å²) < 4.78 is 30.6. The van der Waals surface area contributed by atoms with Gasteiger partial charge in [0.25, 0.3) is 10.0 Å². The quantitative estimate of drug-likeness (QED) is 0.514. The van der Waals surface area contributed by atoms with Gasteiger partial charge >= 0.3 is 0 Å². The van der Waals surface area contributed by atoms with Crippen LogP contribution in [0.4, 0.5) is 0 Å². The Labute approximate surface area is 94.4 Å². The minimum Gasteiger partial charge on any atom is -0.380 e. The molecule has 0 unspecified atom stereocenters. The molecule has 0 spiro atoms. The van der Waals surface area contributed by atoms with Gasteiger partial charge in [0.2, 0.25) is 0 Å². The molecule has 92 valence electrons. The fraction of sp³-hybridized carbons (Fsp3) is 0.625. The number of aromatic nitrogens is 2. The van der Waals surface area contributed by atoms with Crippen molar-refractivity contribution in [1.29, 1.82) is 0 Å². The largest absolute Gasteiger partial charge is 0.380 e. The molecular weight excluding hydrogens is 232 g/mol. The Morgan fingerprint density at radius 3 is 2.94 bits per heavy atom. The van der Waals surface area contributed by atoms with Crippen LogP contribution < -0.4 is 10.5 Å². The summed E-state index contributed by atoms with van der Waals surface area (Å²) in [4.78, 5) is 6.17. The standard InChI is InChI=1S/C8H16N4O3S/c9-2-5-15-4-1-3-12-16(13,14)8-6-10-7-11-8/h6-7,12H,1-5,9H2,(H,10,11). The van der Waals surface area contributed by atoms with Gasteiger partial charge in [-0.3, -0.25) is 0 Å². The molecule has 0 fully saturated rings. The molecule has 8 heteroatoms. The summed E-state index contributed by atoms with van der Waals surface area (Å²) in [5, 5.41) is 0.0652. The van der Waals surface area contributed by atoms with E-state index in [4.69, 9.17) is 10.5 Å². The minimum atomic E-state index is -3.46. The van der Waals surface area contributed by atoms with E-state index in [1.807, 2.05) is 0 Å². The number of hydrogen-bond donors (Lipinski definition) is 3. The van der Waals surface area contributed by atoms with Crippen molar-refractivity contribution in [1.82, 2.24) is 14.7 Å². The lowest BCUT2D eigenvalue weighted by atomic mass is 10.5. The molecule has 0 aliphatic heterocycles. The molecule has 1 rings (SSSR count). The van der Waals surface area contributed by atoms with Crippen molar-refractivity contribution in [2.24, 2.45) is 5.73 Å². The van der Waals surface area contributed by atoms with Gasteiger partial charge in [-0.05, 0) is 6.42 Å². The maximum atomic E-state index is 11.5. The molecule has 0 amide bonds. The van der Waals surface area contributed by atoms with Gasteiger partial charge in [0, 0.05) is 19.7 Å². The highest BCUT2D eigenvalue weighted by molar-refractivity contribution is 7.89. The van der Waals surface area contributed by atoms with Crippen LogP contribution in [-0.4, -0.2) is 44.7 Å². The lowest BCUT2D eigenvalue weighted by Gasteiger charge is -2.04. The van der Waals surface area contributed by atoms with Crippen LogP contribution in [0.1, 0.15) is 6.42 Å². The van der Waals surface area contributed by atoms with Crippen LogP contribution >= 0.6 is 0 Å². The Hall–Kier alpha value is -0.960. The maximum Gasteiger partial charge on any atom is 0.257 e. The van der Waals surface area contributed by atoms with E-state index in [1.54, 1.807) is 0 Å². The number of ether oxygens (including phenoxy) is 1. The van der Waals surface area contributed by atoms with Crippen LogP contribution in [0.25, 0.3) is 0 Å². The van der Waals surface area contributed by atoms with E-state index in [0.717, 1.165) is 0 Å². The van der Waals surface area contributed by atoms with Gasteiger partial charge in [0.15, 0.2) is 5.03 Å². The number of hydrogen-bond acceptors (Lipinski definition) is 5. The third-order valence-corrected chi connectivity index (χ3v) is 3.17. The van der Waals surface area contributed by atoms with E-state index < -0.39 is 10.0 Å². The molecule has 1 aromatic heterocycles. The van der Waals surface area contributed by atoms with Gasteiger partial charge < -0.3 is 15.5 Å². The first kappa shape index (κ1) is 13.1. The van der Waals surface area contributed by atoms with Crippen molar-refractivity contribution in [2.45, 2.75) is 11.4 Å². The number of rotatable bonds is 8. The van der Waals surface area contributed by atoms with Gasteiger partial charge in [0.05, 0.1) is 19.1 Å². The normalized spacial score (nSPS) is 11.8. The van der Waals surface area contributed by atoms with E-state index in [0.29, 0.717) is 32.7 Å². The molecule has 0 aromatic carbocycles. The summed E-state index contributed by atoms with van der Waals surface area (Å²) in [5.74, 6) is 0. The SMILES string of the molecule is NCCOCCCNS(=O)(=O)c1cnc[nH]1. The second-order valence-electron chi connectivity index (χ2n) is 3.07. The zero-order chi connectivity index (χ0) is 11.9. The number of nitrogens with zero attached hydrogens (tertiary/aromatic N) is 1. The maximum absolute atomic E-state index is 11.5. The van der Waals surface area contributed by atoms with Crippen molar-refractivity contribution < 1.29 is 13.2 Å². The highest BCUT2D eigenvalue weighted by Gasteiger charge is 2.13. The van der Waals surface area contributed by atoms with Gasteiger partial charge in [-0.1, -0.05) is 0 Å². The first-order valence-electron chi connectivity index (χ1n) is 4.92. The molecule has 7 nitrogen and oxygen atoms in total. The third kappa shape index (κ3) is 4.27. The van der Waals surface area contributed by atoms with Crippen molar-refractivity contribution >= 4 is 10.0 Å². The number of nitrogens with two attached hydrogens (primary N) is 1. The summed E-state index contributed by atoms with van der Waals surface area (Å²) in [7, 11) is -3.46. The molecule has 1 aromatic rings. The van der Waals surface area contributed by atoms with Crippen molar-refractivity contribution in [3.63, 3.8) is 0 Å². The third-order valence-electron chi connectivity index (χ3n) is 1.78. The second kappa shape index (κ2) is 6.59. The summed E-state index contributed by atoms with van der Waals surface area (Å²) in [6.45, 7) is 1.78. The Kier molecular flexibility index (Phi) is 5.39. The van der Waals surface area contributed by atoms with E-state index in [1.165, 1.54) is 12.5 Å². The summed E-state index contributed by atoms with van der Waals surface area (Å²) in [6.07, 6.45) is 3.18. The molecule has 16 heavy (non-hydrogen) atoms. The van der Waals surface area contributed by atoms with Gasteiger partial charge in [-0.25, -0.2) is 18.1 Å². The molecule has 1 heterocycles. The average Bonchev–Trinajstić information content (AvgIpc) is 2.77. The molecule has 0 saturated carbocycles. The first-order valence-corrected chi connectivity index (χ1v) is 6.41. The lowest BCUT2D eigenvalue weighted by molar-refractivity contribution is 0.140. The molecule has 0 aliphatic carbocycles. The number of sulfonamides is 1. The van der Waals surface area contributed by atoms with Crippen molar-refractivity contribution in [2.75, 3.05) is 26.3 Å². The Bertz CT molecular complexity index is 376. The monoisotopic (exact) mass is 248 g/mol. The van der Waals surface area contributed by atoms with Crippen molar-refractivity contribution in [3.05, 3.63) is 12.5 Å². The van der Waals surface area contributed by atoms with Crippen LogP contribution in [0.3, 0.4) is 0 Å². The highest BCUT2D eigenvalue weighted by Crippen LogP contribution is 2.01. The zero-order valence-corrected chi connectivity index (χ0v) is 9.66. The molecule has 4 N–H and O–H groups in total. The molecule has 0 bridgehead atoms. The molecular formula is C8H16N4O3S. The number of aromatic amines is 1. The fourth-order valence-electron chi connectivity index (χ4n) is 1.03. The van der Waals surface area contributed by atoms with E-state index in [-0.39, 0.29) is 5.03 Å². The Balaban J connectivity index is 2.22. The average molecular weight is 248 g/mol. The highest BCUT2D eigenvalue weighted by atomic mass is 32.2. The molecule has 0 aliphatic rings. The number of imidazole rings is 1. The van der Waals surface area contributed by atoms with E-state index in [2.05, 4.69) is 14.7 Å². The van der Waals surface area contributed by atoms with Crippen LogP contribution in [0.5, 0.6) is 0 Å². The molecule has 0 saturated heterocycles. The summed E-state index contributed by atoms with van der Waals surface area (Å²) in [5.41, 5.74) is 5.23. The van der Waals surface area contributed by atoms with Crippen LogP contribution in [-0.2, 0) is 14.8 Å². The van der Waals surface area contributed by atoms with Gasteiger partial charge in [-0.2, -0.15) is 0 Å². The number of H-pyrrole nitrogens is 1. The smallest absolute Gasteiger partial charge is 0.257 e. The number of nitrogens with one attached hydrogen (secondary N) is 2. The van der Waals surface area contributed by atoms with Crippen LogP contribution in [0, 0.1) is 0 Å². The molecule has 0 radical (unpaired) electrons. The minimum absolute atomic E-state index is 0.0652. The van der Waals surface area contributed by atoms with Gasteiger partial charge in [0.1, 0.15) is 0 Å².